The first-order valence-corrected chi connectivity index (χ1v) is 8.61. The zero-order valence-corrected chi connectivity index (χ0v) is 15.1. The number of halogens is 1. The van der Waals surface area contributed by atoms with Gasteiger partial charge in [0.25, 0.3) is 5.91 Å². The molecule has 1 fully saturated rings. The molecule has 25 heavy (non-hydrogen) atoms. The lowest BCUT2D eigenvalue weighted by atomic mass is 10.1. The molecule has 1 aliphatic rings. The van der Waals surface area contributed by atoms with Crippen LogP contribution >= 0.6 is 11.6 Å². The number of aromatic nitrogens is 2. The first kappa shape index (κ1) is 17.6. The molecule has 7 heteroatoms. The van der Waals surface area contributed by atoms with Gasteiger partial charge in [-0.2, -0.15) is 0 Å². The summed E-state index contributed by atoms with van der Waals surface area (Å²) in [5.74, 6) is -0.164. The van der Waals surface area contributed by atoms with Crippen molar-refractivity contribution in [3.8, 4) is 0 Å². The summed E-state index contributed by atoms with van der Waals surface area (Å²) in [6.07, 6.45) is 1.40. The first-order chi connectivity index (χ1) is 12.0. The Hall–Kier alpha value is -2.18. The van der Waals surface area contributed by atoms with Crippen LogP contribution in [0.5, 0.6) is 0 Å². The number of carbonyl (C=O) groups excluding carboxylic acids is 1. The highest BCUT2D eigenvalue weighted by Gasteiger charge is 2.22. The maximum Gasteiger partial charge on any atom is 0.255 e. The van der Waals surface area contributed by atoms with Crippen LogP contribution in [-0.2, 0) is 4.74 Å². The second-order valence-electron chi connectivity index (χ2n) is 6.04. The second-order valence-corrected chi connectivity index (χ2v) is 6.48. The Kier molecular flexibility index (Phi) is 5.50. The third-order valence-electron chi connectivity index (χ3n) is 4.27. The molecular weight excluding hydrogens is 340 g/mol. The van der Waals surface area contributed by atoms with Crippen LogP contribution in [-0.4, -0.2) is 48.2 Å². The molecule has 1 aromatic heterocycles. The highest BCUT2D eigenvalue weighted by atomic mass is 35.5. The Balaban J connectivity index is 1.59. The number of aryl methyl sites for hydroxylation is 2. The number of rotatable bonds is 4. The lowest BCUT2D eigenvalue weighted by Crippen LogP contribution is -2.47. The van der Waals surface area contributed by atoms with Crippen molar-refractivity contribution in [2.75, 3.05) is 31.1 Å². The van der Waals surface area contributed by atoms with Crippen molar-refractivity contribution >= 4 is 23.2 Å². The van der Waals surface area contributed by atoms with E-state index in [-0.39, 0.29) is 12.0 Å². The Morgan fingerprint density at radius 2 is 1.96 bits per heavy atom. The average molecular weight is 361 g/mol. The van der Waals surface area contributed by atoms with Gasteiger partial charge >= 0.3 is 0 Å². The molecule has 2 heterocycles. The zero-order chi connectivity index (χ0) is 17.8. The minimum Gasteiger partial charge on any atom is -0.373 e. The lowest BCUT2D eigenvalue weighted by Gasteiger charge is -2.34. The number of carbonyl (C=O) groups is 1. The van der Waals surface area contributed by atoms with E-state index in [1.54, 1.807) is 0 Å². The van der Waals surface area contributed by atoms with Crippen LogP contribution in [0, 0.1) is 13.8 Å². The minimum absolute atomic E-state index is 0.0707. The minimum atomic E-state index is -0.164. The molecule has 1 aliphatic heterocycles. The van der Waals surface area contributed by atoms with E-state index >= 15 is 0 Å². The Labute approximate surface area is 152 Å². The van der Waals surface area contributed by atoms with Gasteiger partial charge in [0, 0.05) is 30.3 Å². The second kappa shape index (κ2) is 7.80. The molecule has 132 valence electrons. The van der Waals surface area contributed by atoms with Gasteiger partial charge in [0.1, 0.15) is 6.33 Å². The Morgan fingerprint density at radius 3 is 2.64 bits per heavy atom. The summed E-state index contributed by atoms with van der Waals surface area (Å²) in [5.41, 5.74) is 3.00. The van der Waals surface area contributed by atoms with E-state index in [0.717, 1.165) is 17.3 Å². The molecule has 0 radical (unpaired) electrons. The number of hydrogen-bond acceptors (Lipinski definition) is 5. The molecule has 0 aliphatic carbocycles. The molecule has 2 aromatic rings. The van der Waals surface area contributed by atoms with Crippen molar-refractivity contribution < 1.29 is 9.53 Å². The van der Waals surface area contributed by atoms with Crippen LogP contribution in [0.4, 0.5) is 5.69 Å². The van der Waals surface area contributed by atoms with E-state index < -0.39 is 0 Å². The summed E-state index contributed by atoms with van der Waals surface area (Å²) in [6.45, 7) is 6.21. The summed E-state index contributed by atoms with van der Waals surface area (Å²) in [5, 5.41) is 3.66. The maximum absolute atomic E-state index is 12.4. The van der Waals surface area contributed by atoms with Gasteiger partial charge in [-0.05, 0) is 38.1 Å². The Bertz CT molecular complexity index is 731. The van der Waals surface area contributed by atoms with E-state index in [0.29, 0.717) is 36.6 Å². The molecule has 1 amide bonds. The van der Waals surface area contributed by atoms with Crippen molar-refractivity contribution in [2.45, 2.75) is 20.0 Å². The third-order valence-corrected chi connectivity index (χ3v) is 4.53. The van der Waals surface area contributed by atoms with E-state index in [1.807, 2.05) is 38.1 Å². The zero-order valence-electron chi connectivity index (χ0n) is 14.3. The van der Waals surface area contributed by atoms with Gasteiger partial charge in [-0.1, -0.05) is 11.6 Å². The standard InChI is InChI=1S/C18H21ClN4O2/c1-12-17(13(2)22-11-21-12)18(24)20-9-16-10-23(7-8-25-16)15-5-3-14(19)4-6-15/h3-6,11,16H,7-10H2,1-2H3,(H,20,24). The van der Waals surface area contributed by atoms with Gasteiger partial charge in [-0.25, -0.2) is 9.97 Å². The average Bonchev–Trinajstić information content (AvgIpc) is 2.61. The van der Waals surface area contributed by atoms with E-state index in [1.165, 1.54) is 6.33 Å². The molecule has 1 aromatic carbocycles. The smallest absolute Gasteiger partial charge is 0.255 e. The van der Waals surface area contributed by atoms with Gasteiger partial charge in [0.15, 0.2) is 0 Å². The summed E-state index contributed by atoms with van der Waals surface area (Å²) >= 11 is 5.95. The highest BCUT2D eigenvalue weighted by Crippen LogP contribution is 2.20. The number of ether oxygens (including phenoxy) is 1. The topological polar surface area (TPSA) is 67.4 Å². The number of nitrogens with one attached hydrogen (secondary N) is 1. The predicted octanol–water partition coefficient (Wildman–Crippen LogP) is 2.38. The number of anilines is 1. The van der Waals surface area contributed by atoms with Crippen molar-refractivity contribution in [3.63, 3.8) is 0 Å². The fourth-order valence-corrected chi connectivity index (χ4v) is 3.07. The molecule has 0 saturated carbocycles. The van der Waals surface area contributed by atoms with E-state index in [9.17, 15) is 4.79 Å². The number of benzene rings is 1. The molecule has 0 spiro atoms. The maximum atomic E-state index is 12.4. The summed E-state index contributed by atoms with van der Waals surface area (Å²) in [6, 6.07) is 7.75. The molecular formula is C18H21ClN4O2. The van der Waals surface area contributed by atoms with Crippen molar-refractivity contribution in [1.82, 2.24) is 15.3 Å². The molecule has 6 nitrogen and oxygen atoms in total. The van der Waals surface area contributed by atoms with Gasteiger partial charge in [0.2, 0.25) is 0 Å². The molecule has 0 bridgehead atoms. The van der Waals surface area contributed by atoms with Crippen LogP contribution < -0.4 is 10.2 Å². The van der Waals surface area contributed by atoms with E-state index in [4.69, 9.17) is 16.3 Å². The van der Waals surface area contributed by atoms with E-state index in [2.05, 4.69) is 20.2 Å². The van der Waals surface area contributed by atoms with Crippen LogP contribution in [0.15, 0.2) is 30.6 Å². The number of hydrogen-bond donors (Lipinski definition) is 1. The lowest BCUT2D eigenvalue weighted by molar-refractivity contribution is 0.0397. The largest absolute Gasteiger partial charge is 0.373 e. The SMILES string of the molecule is Cc1ncnc(C)c1C(=O)NCC1CN(c2ccc(Cl)cc2)CCO1. The van der Waals surface area contributed by atoms with Gasteiger partial charge in [-0.3, -0.25) is 4.79 Å². The summed E-state index contributed by atoms with van der Waals surface area (Å²) in [7, 11) is 0. The molecule has 1 atom stereocenters. The molecule has 1 unspecified atom stereocenters. The molecule has 3 rings (SSSR count). The monoisotopic (exact) mass is 360 g/mol. The normalized spacial score (nSPS) is 17.4. The predicted molar refractivity (Wildman–Crippen MR) is 97.2 cm³/mol. The number of morpholine rings is 1. The van der Waals surface area contributed by atoms with Gasteiger partial charge < -0.3 is 15.0 Å². The van der Waals surface area contributed by atoms with Crippen LogP contribution in [0.3, 0.4) is 0 Å². The van der Waals surface area contributed by atoms with Crippen LogP contribution in [0.25, 0.3) is 0 Å². The van der Waals surface area contributed by atoms with Crippen molar-refractivity contribution in [1.29, 1.82) is 0 Å². The van der Waals surface area contributed by atoms with Gasteiger partial charge in [0.05, 0.1) is 29.7 Å². The molecule has 1 saturated heterocycles. The fraction of sp³-hybridized carbons (Fsp3) is 0.389. The Morgan fingerprint density at radius 1 is 1.28 bits per heavy atom. The fourth-order valence-electron chi connectivity index (χ4n) is 2.95. The van der Waals surface area contributed by atoms with Crippen LogP contribution in [0.2, 0.25) is 5.02 Å². The first-order valence-electron chi connectivity index (χ1n) is 8.23. The van der Waals surface area contributed by atoms with Crippen LogP contribution in [0.1, 0.15) is 21.7 Å². The number of nitrogens with zero attached hydrogens (tertiary/aromatic N) is 3. The molecule has 1 N–H and O–H groups in total. The van der Waals surface area contributed by atoms with Crippen molar-refractivity contribution in [2.24, 2.45) is 0 Å². The number of amides is 1. The van der Waals surface area contributed by atoms with Crippen molar-refractivity contribution in [3.05, 3.63) is 52.6 Å². The quantitative estimate of drug-likeness (QED) is 0.906. The third kappa shape index (κ3) is 4.27. The summed E-state index contributed by atoms with van der Waals surface area (Å²) in [4.78, 5) is 22.9. The highest BCUT2D eigenvalue weighted by molar-refractivity contribution is 6.30. The summed E-state index contributed by atoms with van der Waals surface area (Å²) < 4.78 is 5.79. The van der Waals surface area contributed by atoms with Gasteiger partial charge in [-0.15, -0.1) is 0 Å².